The molecule has 0 N–H and O–H groups in total. The second-order valence-corrected chi connectivity index (χ2v) is 6.49. The fourth-order valence-electron chi connectivity index (χ4n) is 3.42. The van der Waals surface area contributed by atoms with Gasteiger partial charge in [-0.15, -0.1) is 0 Å². The summed E-state index contributed by atoms with van der Waals surface area (Å²) < 4.78 is 79.9. The zero-order valence-electron chi connectivity index (χ0n) is 14.2. The number of hydrogen-bond acceptors (Lipinski definition) is 0. The van der Waals surface area contributed by atoms with Crippen LogP contribution in [0.25, 0.3) is 32.7 Å². The summed E-state index contributed by atoms with van der Waals surface area (Å²) in [5, 5.41) is 2.66. The largest absolute Gasteiger partial charge is 0.416 e. The van der Waals surface area contributed by atoms with E-state index in [1.807, 2.05) is 6.07 Å². The Hall–Kier alpha value is -3.02. The summed E-state index contributed by atoms with van der Waals surface area (Å²) in [4.78, 5) is 0. The van der Waals surface area contributed by atoms with Crippen molar-refractivity contribution < 1.29 is 26.3 Å². The predicted octanol–water partition coefficient (Wildman–Crippen LogP) is 7.70. The van der Waals surface area contributed by atoms with Gasteiger partial charge in [-0.05, 0) is 56.9 Å². The Balaban J connectivity index is 2.15. The Morgan fingerprint density at radius 3 is 1.36 bits per heavy atom. The Morgan fingerprint density at radius 2 is 0.929 bits per heavy atom. The van der Waals surface area contributed by atoms with Crippen molar-refractivity contribution >= 4 is 21.5 Å². The Morgan fingerprint density at radius 1 is 0.500 bits per heavy atom. The van der Waals surface area contributed by atoms with E-state index in [1.165, 1.54) is 0 Å². The van der Waals surface area contributed by atoms with Crippen molar-refractivity contribution in [2.24, 2.45) is 0 Å². The molecule has 0 unspecified atom stereocenters. The normalized spacial score (nSPS) is 12.6. The lowest BCUT2D eigenvalue weighted by Crippen LogP contribution is -2.11. The van der Waals surface area contributed by atoms with Crippen LogP contribution in [-0.4, -0.2) is 0 Å². The van der Waals surface area contributed by atoms with Gasteiger partial charge in [0.2, 0.25) is 0 Å². The molecule has 0 saturated heterocycles. The lowest BCUT2D eigenvalue weighted by Gasteiger charge is -2.17. The van der Waals surface area contributed by atoms with Gasteiger partial charge >= 0.3 is 12.4 Å². The first-order valence-electron chi connectivity index (χ1n) is 8.35. The van der Waals surface area contributed by atoms with Gasteiger partial charge in [0.25, 0.3) is 0 Å². The molecule has 0 saturated carbocycles. The number of hydrogen-bond donors (Lipinski definition) is 0. The van der Waals surface area contributed by atoms with E-state index >= 15 is 0 Å². The minimum absolute atomic E-state index is 0.116. The number of alkyl halides is 6. The van der Waals surface area contributed by atoms with Crippen LogP contribution in [-0.2, 0) is 12.4 Å². The highest BCUT2D eigenvalue weighted by molar-refractivity contribution is 6.12. The highest BCUT2D eigenvalue weighted by Gasteiger charge is 2.37. The standard InChI is InChI=1S/C22H12F6/c23-21(24,25)16-10-15(11-17(12-16)22(26,27)28)20-18-7-3-1-5-13(18)9-14-6-2-4-8-19(14)20/h1-12H. The maximum absolute atomic E-state index is 13.3. The van der Waals surface area contributed by atoms with Crippen molar-refractivity contribution in [3.05, 3.63) is 83.9 Å². The summed E-state index contributed by atoms with van der Waals surface area (Å²) in [5.74, 6) is 0. The molecule has 0 amide bonds. The van der Waals surface area contributed by atoms with E-state index in [-0.39, 0.29) is 11.6 Å². The molecule has 0 aliphatic heterocycles. The zero-order valence-corrected chi connectivity index (χ0v) is 14.2. The maximum Gasteiger partial charge on any atom is 0.416 e. The molecule has 0 bridgehead atoms. The number of benzene rings is 4. The Kier molecular flexibility index (Phi) is 4.10. The molecule has 0 spiro atoms. The molecule has 0 nitrogen and oxygen atoms in total. The molecule has 0 fully saturated rings. The molecule has 28 heavy (non-hydrogen) atoms. The van der Waals surface area contributed by atoms with E-state index in [1.54, 1.807) is 48.5 Å². The summed E-state index contributed by atoms with van der Waals surface area (Å²) in [6.07, 6.45) is -9.78. The van der Waals surface area contributed by atoms with Gasteiger partial charge in [0.1, 0.15) is 0 Å². The molecule has 4 rings (SSSR count). The van der Waals surface area contributed by atoms with Gasteiger partial charge in [0.15, 0.2) is 0 Å². The third kappa shape index (κ3) is 3.19. The Bertz CT molecular complexity index is 1100. The fraction of sp³-hybridized carbons (Fsp3) is 0.0909. The second kappa shape index (κ2) is 6.26. The highest BCUT2D eigenvalue weighted by atomic mass is 19.4. The topological polar surface area (TPSA) is 0 Å². The van der Waals surface area contributed by atoms with Crippen molar-refractivity contribution in [1.29, 1.82) is 0 Å². The molecule has 142 valence electrons. The van der Waals surface area contributed by atoms with E-state index < -0.39 is 23.5 Å². The summed E-state index contributed by atoms with van der Waals surface area (Å²) in [6.45, 7) is 0. The first-order chi connectivity index (χ1) is 13.1. The van der Waals surface area contributed by atoms with Crippen molar-refractivity contribution in [3.8, 4) is 11.1 Å². The molecule has 4 aromatic carbocycles. The minimum atomic E-state index is -4.89. The summed E-state index contributed by atoms with van der Waals surface area (Å²) in [5.41, 5.74) is -2.41. The summed E-state index contributed by atoms with van der Waals surface area (Å²) in [6, 6.07) is 17.5. The highest BCUT2D eigenvalue weighted by Crippen LogP contribution is 2.42. The monoisotopic (exact) mass is 390 g/mol. The van der Waals surface area contributed by atoms with Crippen molar-refractivity contribution in [2.45, 2.75) is 12.4 Å². The van der Waals surface area contributed by atoms with E-state index in [0.717, 1.165) is 22.9 Å². The average molecular weight is 390 g/mol. The van der Waals surface area contributed by atoms with Crippen LogP contribution in [0, 0.1) is 0 Å². The predicted molar refractivity (Wildman–Crippen MR) is 96.9 cm³/mol. The molecular formula is C22H12F6. The molecule has 0 aliphatic rings. The van der Waals surface area contributed by atoms with Gasteiger partial charge in [0, 0.05) is 0 Å². The van der Waals surface area contributed by atoms with E-state index in [4.69, 9.17) is 0 Å². The molecule has 0 aromatic heterocycles. The van der Waals surface area contributed by atoms with Crippen molar-refractivity contribution in [2.75, 3.05) is 0 Å². The number of halogens is 6. The van der Waals surface area contributed by atoms with Gasteiger partial charge in [-0.25, -0.2) is 0 Å². The van der Waals surface area contributed by atoms with Gasteiger partial charge in [-0.3, -0.25) is 0 Å². The van der Waals surface area contributed by atoms with Crippen LogP contribution in [0.1, 0.15) is 11.1 Å². The molecular weight excluding hydrogens is 378 g/mol. The quantitative estimate of drug-likeness (QED) is 0.231. The SMILES string of the molecule is FC(F)(F)c1cc(-c2c3ccccc3cc3ccccc23)cc(C(F)(F)F)c1. The van der Waals surface area contributed by atoms with E-state index in [2.05, 4.69) is 0 Å². The molecule has 0 aliphatic carbocycles. The lowest BCUT2D eigenvalue weighted by atomic mass is 9.90. The number of rotatable bonds is 1. The van der Waals surface area contributed by atoms with Crippen LogP contribution in [0.3, 0.4) is 0 Å². The molecule has 0 radical (unpaired) electrons. The zero-order chi connectivity index (χ0) is 20.1. The van der Waals surface area contributed by atoms with Crippen LogP contribution in [0.15, 0.2) is 72.8 Å². The van der Waals surface area contributed by atoms with Crippen LogP contribution in [0.4, 0.5) is 26.3 Å². The van der Waals surface area contributed by atoms with Gasteiger partial charge in [-0.2, -0.15) is 26.3 Å². The van der Waals surface area contributed by atoms with Crippen LogP contribution in [0.5, 0.6) is 0 Å². The maximum atomic E-state index is 13.3. The molecule has 0 heterocycles. The Labute approximate surface area is 156 Å². The summed E-state index contributed by atoms with van der Waals surface area (Å²) >= 11 is 0. The molecule has 4 aromatic rings. The van der Waals surface area contributed by atoms with Crippen molar-refractivity contribution in [1.82, 2.24) is 0 Å². The van der Waals surface area contributed by atoms with Crippen LogP contribution >= 0.6 is 0 Å². The average Bonchev–Trinajstić information content (AvgIpc) is 2.64. The minimum Gasteiger partial charge on any atom is -0.166 e. The number of fused-ring (bicyclic) bond motifs is 2. The van der Waals surface area contributed by atoms with E-state index in [9.17, 15) is 26.3 Å². The molecule has 0 atom stereocenters. The first kappa shape index (κ1) is 18.3. The van der Waals surface area contributed by atoms with E-state index in [0.29, 0.717) is 16.3 Å². The third-order valence-electron chi connectivity index (χ3n) is 4.65. The fourth-order valence-corrected chi connectivity index (χ4v) is 3.42. The van der Waals surface area contributed by atoms with Crippen LogP contribution in [0.2, 0.25) is 0 Å². The molecule has 6 heteroatoms. The van der Waals surface area contributed by atoms with Crippen molar-refractivity contribution in [3.63, 3.8) is 0 Å². The second-order valence-electron chi connectivity index (χ2n) is 6.49. The van der Waals surface area contributed by atoms with Gasteiger partial charge < -0.3 is 0 Å². The van der Waals surface area contributed by atoms with Crippen LogP contribution < -0.4 is 0 Å². The first-order valence-corrected chi connectivity index (χ1v) is 8.35. The lowest BCUT2D eigenvalue weighted by molar-refractivity contribution is -0.143. The third-order valence-corrected chi connectivity index (χ3v) is 4.65. The summed E-state index contributed by atoms with van der Waals surface area (Å²) in [7, 11) is 0. The van der Waals surface area contributed by atoms with Gasteiger partial charge in [-0.1, -0.05) is 48.5 Å². The van der Waals surface area contributed by atoms with Gasteiger partial charge in [0.05, 0.1) is 11.1 Å². The smallest absolute Gasteiger partial charge is 0.166 e.